The fraction of sp³-hybridized carbons (Fsp3) is 0.200. The highest BCUT2D eigenvalue weighted by atomic mass is 32.2. The summed E-state index contributed by atoms with van der Waals surface area (Å²) in [5.41, 5.74) is 5.84. The largest absolute Gasteiger partial charge is 0.416 e. The number of nitrogen functional groups attached to an aromatic ring is 1. The highest BCUT2D eigenvalue weighted by molar-refractivity contribution is 7.98. The molecule has 2 heterocycles. The van der Waals surface area contributed by atoms with Gasteiger partial charge in [-0.05, 0) is 19.1 Å². The quantitative estimate of drug-likeness (QED) is 0.555. The third-order valence-corrected chi connectivity index (χ3v) is 3.93. The van der Waals surface area contributed by atoms with Crippen LogP contribution >= 0.6 is 11.8 Å². The van der Waals surface area contributed by atoms with Gasteiger partial charge in [0, 0.05) is 17.3 Å². The van der Waals surface area contributed by atoms with E-state index in [1.54, 1.807) is 13.0 Å². The third-order valence-electron chi connectivity index (χ3n) is 3.09. The number of hydrogen-bond donors (Lipinski definition) is 1. The van der Waals surface area contributed by atoms with Gasteiger partial charge in [-0.3, -0.25) is 0 Å². The number of halogens is 3. The fourth-order valence-corrected chi connectivity index (χ4v) is 2.77. The van der Waals surface area contributed by atoms with Gasteiger partial charge in [-0.2, -0.15) is 18.2 Å². The summed E-state index contributed by atoms with van der Waals surface area (Å²) in [4.78, 5) is 12.4. The van der Waals surface area contributed by atoms with E-state index in [-0.39, 0.29) is 23.0 Å². The van der Waals surface area contributed by atoms with Crippen molar-refractivity contribution in [2.45, 2.75) is 24.0 Å². The van der Waals surface area contributed by atoms with Gasteiger partial charge < -0.3 is 10.3 Å². The molecule has 0 fully saturated rings. The molecule has 0 aliphatic carbocycles. The number of aromatic nitrogens is 4. The summed E-state index contributed by atoms with van der Waals surface area (Å²) in [7, 11) is 0. The highest BCUT2D eigenvalue weighted by Crippen LogP contribution is 2.31. The van der Waals surface area contributed by atoms with Gasteiger partial charge in [-0.1, -0.05) is 29.1 Å². The van der Waals surface area contributed by atoms with Crippen LogP contribution in [0.2, 0.25) is 0 Å². The molecular formula is C15H12F3N5OS. The minimum absolute atomic E-state index is 0.0892. The summed E-state index contributed by atoms with van der Waals surface area (Å²) in [6.45, 7) is 1.79. The lowest BCUT2D eigenvalue weighted by Gasteiger charge is -2.06. The van der Waals surface area contributed by atoms with Crippen LogP contribution in [0.3, 0.4) is 0 Å². The second-order valence-corrected chi connectivity index (χ2v) is 6.04. The first kappa shape index (κ1) is 17.2. The lowest BCUT2D eigenvalue weighted by Crippen LogP contribution is -2.04. The Balaban J connectivity index is 1.74. The molecule has 0 spiro atoms. The van der Waals surface area contributed by atoms with Crippen LogP contribution in [-0.2, 0) is 11.9 Å². The topological polar surface area (TPSA) is 90.7 Å². The van der Waals surface area contributed by atoms with Crippen molar-refractivity contribution in [3.8, 4) is 11.4 Å². The van der Waals surface area contributed by atoms with Crippen molar-refractivity contribution < 1.29 is 17.7 Å². The molecule has 0 saturated carbocycles. The molecule has 1 aromatic carbocycles. The standard InChI is InChI=1S/C15H12F3N5OS/c1-8-5-11(19)21-14(20-8)25-7-12-22-13(23-24-12)9-3-2-4-10(6-9)15(16,17)18/h2-6H,7H2,1H3,(H2,19,20,21). The van der Waals surface area contributed by atoms with Gasteiger partial charge in [-0.15, -0.1) is 0 Å². The molecule has 0 aliphatic heterocycles. The fourth-order valence-electron chi connectivity index (χ4n) is 2.02. The molecule has 0 bridgehead atoms. The second-order valence-electron chi connectivity index (χ2n) is 5.10. The van der Waals surface area contributed by atoms with E-state index in [0.29, 0.717) is 11.0 Å². The molecule has 2 aromatic heterocycles. The van der Waals surface area contributed by atoms with Crippen molar-refractivity contribution in [2.75, 3.05) is 5.73 Å². The monoisotopic (exact) mass is 367 g/mol. The van der Waals surface area contributed by atoms with Crippen molar-refractivity contribution in [3.05, 3.63) is 47.5 Å². The number of aryl methyl sites for hydroxylation is 1. The van der Waals surface area contributed by atoms with E-state index in [9.17, 15) is 13.2 Å². The zero-order chi connectivity index (χ0) is 18.0. The molecule has 0 aliphatic rings. The van der Waals surface area contributed by atoms with E-state index in [0.717, 1.165) is 17.8 Å². The van der Waals surface area contributed by atoms with E-state index in [1.165, 1.54) is 23.9 Å². The van der Waals surface area contributed by atoms with Crippen molar-refractivity contribution >= 4 is 17.6 Å². The minimum Gasteiger partial charge on any atom is -0.384 e. The average Bonchev–Trinajstić information content (AvgIpc) is 3.00. The van der Waals surface area contributed by atoms with Crippen LogP contribution in [0.25, 0.3) is 11.4 Å². The van der Waals surface area contributed by atoms with E-state index >= 15 is 0 Å². The first-order chi connectivity index (χ1) is 11.8. The van der Waals surface area contributed by atoms with Crippen molar-refractivity contribution in [1.29, 1.82) is 0 Å². The first-order valence-corrected chi connectivity index (χ1v) is 8.04. The van der Waals surface area contributed by atoms with Crippen LogP contribution < -0.4 is 5.73 Å². The molecule has 25 heavy (non-hydrogen) atoms. The lowest BCUT2D eigenvalue weighted by atomic mass is 10.1. The number of thioether (sulfide) groups is 1. The van der Waals surface area contributed by atoms with Crippen LogP contribution in [0, 0.1) is 6.92 Å². The number of benzene rings is 1. The van der Waals surface area contributed by atoms with Crippen LogP contribution in [0.5, 0.6) is 0 Å². The van der Waals surface area contributed by atoms with E-state index < -0.39 is 11.7 Å². The van der Waals surface area contributed by atoms with Gasteiger partial charge in [0.1, 0.15) is 5.82 Å². The van der Waals surface area contributed by atoms with E-state index in [2.05, 4.69) is 20.1 Å². The van der Waals surface area contributed by atoms with Crippen molar-refractivity contribution in [3.63, 3.8) is 0 Å². The SMILES string of the molecule is Cc1cc(N)nc(SCc2nc(-c3cccc(C(F)(F)F)c3)no2)n1. The number of nitrogens with two attached hydrogens (primary N) is 1. The number of rotatable bonds is 4. The van der Waals surface area contributed by atoms with Crippen molar-refractivity contribution in [1.82, 2.24) is 20.1 Å². The predicted octanol–water partition coefficient (Wildman–Crippen LogP) is 3.73. The number of anilines is 1. The molecule has 130 valence electrons. The van der Waals surface area contributed by atoms with Crippen LogP contribution in [0.15, 0.2) is 40.0 Å². The third kappa shape index (κ3) is 4.27. The van der Waals surface area contributed by atoms with Crippen molar-refractivity contribution in [2.24, 2.45) is 0 Å². The Kier molecular flexibility index (Phi) is 4.62. The van der Waals surface area contributed by atoms with Gasteiger partial charge in [-0.25, -0.2) is 9.97 Å². The predicted molar refractivity (Wildman–Crippen MR) is 85.5 cm³/mol. The summed E-state index contributed by atoms with van der Waals surface area (Å²) in [5.74, 6) is 0.965. The smallest absolute Gasteiger partial charge is 0.384 e. The highest BCUT2D eigenvalue weighted by Gasteiger charge is 2.30. The minimum atomic E-state index is -4.43. The molecule has 3 rings (SSSR count). The summed E-state index contributed by atoms with van der Waals surface area (Å²) in [6.07, 6.45) is -4.43. The molecular weight excluding hydrogens is 355 g/mol. The number of alkyl halides is 3. The van der Waals surface area contributed by atoms with Gasteiger partial charge in [0.25, 0.3) is 0 Å². The van der Waals surface area contributed by atoms with Crippen LogP contribution in [0.1, 0.15) is 17.1 Å². The summed E-state index contributed by atoms with van der Waals surface area (Å²) >= 11 is 1.24. The molecule has 0 unspecified atom stereocenters. The lowest BCUT2D eigenvalue weighted by molar-refractivity contribution is -0.137. The molecule has 10 heteroatoms. The Bertz CT molecular complexity index is 877. The molecule has 0 atom stereocenters. The summed E-state index contributed by atoms with van der Waals surface area (Å²) in [5, 5.41) is 4.18. The first-order valence-electron chi connectivity index (χ1n) is 7.05. The molecule has 0 radical (unpaired) electrons. The van der Waals surface area contributed by atoms with Gasteiger partial charge >= 0.3 is 6.18 Å². The second kappa shape index (κ2) is 6.71. The number of hydrogen-bond acceptors (Lipinski definition) is 7. The van der Waals surface area contributed by atoms with E-state index in [1.807, 2.05) is 0 Å². The maximum atomic E-state index is 12.8. The molecule has 2 N–H and O–H groups in total. The van der Waals surface area contributed by atoms with Gasteiger partial charge in [0.05, 0.1) is 11.3 Å². The maximum absolute atomic E-state index is 12.8. The molecule has 0 amide bonds. The van der Waals surface area contributed by atoms with Gasteiger partial charge in [0.2, 0.25) is 11.7 Å². The summed E-state index contributed by atoms with van der Waals surface area (Å²) in [6, 6.07) is 6.39. The Hall–Kier alpha value is -2.62. The Morgan fingerprint density at radius 1 is 1.16 bits per heavy atom. The summed E-state index contributed by atoms with van der Waals surface area (Å²) < 4.78 is 43.4. The van der Waals surface area contributed by atoms with Gasteiger partial charge in [0.15, 0.2) is 5.16 Å². The molecule has 0 saturated heterocycles. The zero-order valence-electron chi connectivity index (χ0n) is 12.9. The number of nitrogens with zero attached hydrogens (tertiary/aromatic N) is 4. The zero-order valence-corrected chi connectivity index (χ0v) is 13.7. The Morgan fingerprint density at radius 3 is 2.68 bits per heavy atom. The molecule has 6 nitrogen and oxygen atoms in total. The van der Waals surface area contributed by atoms with E-state index in [4.69, 9.17) is 10.3 Å². The normalized spacial score (nSPS) is 11.7. The Labute approximate surface area is 144 Å². The average molecular weight is 367 g/mol. The van der Waals surface area contributed by atoms with Crippen LogP contribution in [-0.4, -0.2) is 20.1 Å². The molecule has 3 aromatic rings. The Morgan fingerprint density at radius 2 is 1.96 bits per heavy atom. The van der Waals surface area contributed by atoms with Crippen LogP contribution in [0.4, 0.5) is 19.0 Å². The maximum Gasteiger partial charge on any atom is 0.416 e.